The maximum Gasteiger partial charge on any atom is 0.306 e. The maximum atomic E-state index is 10.9. The molecular formula is C16H22ClNO2. The van der Waals surface area contributed by atoms with Crippen LogP contribution >= 0.6 is 11.6 Å². The van der Waals surface area contributed by atoms with Gasteiger partial charge in [-0.3, -0.25) is 4.79 Å². The molecule has 4 heteroatoms. The second-order valence-corrected chi connectivity index (χ2v) is 6.22. The molecule has 1 aliphatic carbocycles. The van der Waals surface area contributed by atoms with Gasteiger partial charge in [-0.05, 0) is 56.7 Å². The zero-order chi connectivity index (χ0) is 14.5. The maximum absolute atomic E-state index is 10.9. The third-order valence-corrected chi connectivity index (χ3v) is 4.30. The van der Waals surface area contributed by atoms with Crippen LogP contribution in [0.5, 0.6) is 0 Å². The van der Waals surface area contributed by atoms with E-state index in [1.54, 1.807) is 0 Å². The van der Waals surface area contributed by atoms with Crippen molar-refractivity contribution in [2.45, 2.75) is 51.1 Å². The summed E-state index contributed by atoms with van der Waals surface area (Å²) in [5.41, 5.74) is 1.27. The van der Waals surface area contributed by atoms with E-state index in [9.17, 15) is 4.79 Å². The molecule has 2 rings (SSSR count). The Labute approximate surface area is 125 Å². The minimum atomic E-state index is -0.641. The molecule has 110 valence electrons. The highest BCUT2D eigenvalue weighted by molar-refractivity contribution is 6.30. The van der Waals surface area contributed by atoms with Crippen molar-refractivity contribution in [1.82, 2.24) is 5.32 Å². The first-order valence-corrected chi connectivity index (χ1v) is 7.65. The van der Waals surface area contributed by atoms with E-state index in [4.69, 9.17) is 16.7 Å². The van der Waals surface area contributed by atoms with Gasteiger partial charge in [0.25, 0.3) is 0 Å². The van der Waals surface area contributed by atoms with Gasteiger partial charge in [0.05, 0.1) is 5.92 Å². The third kappa shape index (κ3) is 4.50. The monoisotopic (exact) mass is 295 g/mol. The van der Waals surface area contributed by atoms with Gasteiger partial charge in [0.1, 0.15) is 0 Å². The largest absolute Gasteiger partial charge is 0.481 e. The molecule has 0 radical (unpaired) electrons. The number of halogens is 1. The lowest BCUT2D eigenvalue weighted by molar-refractivity contribution is -0.142. The van der Waals surface area contributed by atoms with Crippen molar-refractivity contribution in [3.8, 4) is 0 Å². The van der Waals surface area contributed by atoms with Crippen molar-refractivity contribution in [2.75, 3.05) is 0 Å². The highest BCUT2D eigenvalue weighted by Crippen LogP contribution is 2.25. The van der Waals surface area contributed by atoms with Gasteiger partial charge < -0.3 is 10.4 Å². The van der Waals surface area contributed by atoms with Crippen molar-refractivity contribution in [3.05, 3.63) is 34.9 Å². The predicted octanol–water partition coefficient (Wildman–Crippen LogP) is 3.50. The number of rotatable bonds is 5. The Kier molecular flexibility index (Phi) is 5.44. The van der Waals surface area contributed by atoms with E-state index in [1.165, 1.54) is 5.56 Å². The predicted molar refractivity (Wildman–Crippen MR) is 81.1 cm³/mol. The highest BCUT2D eigenvalue weighted by atomic mass is 35.5. The van der Waals surface area contributed by atoms with Crippen molar-refractivity contribution < 1.29 is 9.90 Å². The van der Waals surface area contributed by atoms with Gasteiger partial charge in [-0.1, -0.05) is 23.7 Å². The van der Waals surface area contributed by atoms with E-state index < -0.39 is 5.97 Å². The smallest absolute Gasteiger partial charge is 0.306 e. The van der Waals surface area contributed by atoms with Crippen LogP contribution in [0.25, 0.3) is 0 Å². The fourth-order valence-corrected chi connectivity index (χ4v) is 3.07. The summed E-state index contributed by atoms with van der Waals surface area (Å²) < 4.78 is 0. The standard InChI is InChI=1S/C16H22ClNO2/c1-11(10-12-2-6-14(17)7-3-12)18-15-8-4-13(5-9-15)16(19)20/h2-3,6-7,11,13,15,18H,4-5,8-10H2,1H3,(H,19,20). The van der Waals surface area contributed by atoms with Crippen LogP contribution in [0, 0.1) is 5.92 Å². The summed E-state index contributed by atoms with van der Waals surface area (Å²) in [5, 5.41) is 13.4. The lowest BCUT2D eigenvalue weighted by atomic mass is 9.85. The van der Waals surface area contributed by atoms with Gasteiger partial charge in [0.15, 0.2) is 0 Å². The number of carboxylic acid groups (broad SMARTS) is 1. The van der Waals surface area contributed by atoms with Crippen molar-refractivity contribution in [2.24, 2.45) is 5.92 Å². The molecule has 1 atom stereocenters. The molecule has 1 saturated carbocycles. The minimum Gasteiger partial charge on any atom is -0.481 e. The summed E-state index contributed by atoms with van der Waals surface area (Å²) >= 11 is 5.88. The van der Waals surface area contributed by atoms with Crippen LogP contribution < -0.4 is 5.32 Å². The summed E-state index contributed by atoms with van der Waals surface area (Å²) in [6.45, 7) is 2.18. The first-order valence-electron chi connectivity index (χ1n) is 7.28. The molecular weight excluding hydrogens is 274 g/mol. The Balaban J connectivity index is 1.76. The molecule has 1 aliphatic rings. The number of carbonyl (C=O) groups is 1. The van der Waals surface area contributed by atoms with Crippen LogP contribution in [0.1, 0.15) is 38.2 Å². The molecule has 1 aromatic rings. The highest BCUT2D eigenvalue weighted by Gasteiger charge is 2.26. The van der Waals surface area contributed by atoms with Crippen LogP contribution in [-0.2, 0) is 11.2 Å². The van der Waals surface area contributed by atoms with E-state index in [0.717, 1.165) is 37.1 Å². The van der Waals surface area contributed by atoms with Gasteiger partial charge in [-0.15, -0.1) is 0 Å². The van der Waals surface area contributed by atoms with E-state index in [0.29, 0.717) is 12.1 Å². The number of hydrogen-bond acceptors (Lipinski definition) is 2. The average Bonchev–Trinajstić information content (AvgIpc) is 2.42. The van der Waals surface area contributed by atoms with Crippen molar-refractivity contribution >= 4 is 17.6 Å². The van der Waals surface area contributed by atoms with E-state index in [2.05, 4.69) is 24.4 Å². The van der Waals surface area contributed by atoms with Gasteiger partial charge in [0, 0.05) is 17.1 Å². The van der Waals surface area contributed by atoms with E-state index in [-0.39, 0.29) is 5.92 Å². The number of aliphatic carboxylic acids is 1. The van der Waals surface area contributed by atoms with Gasteiger partial charge in [0.2, 0.25) is 0 Å². The fourth-order valence-electron chi connectivity index (χ4n) is 2.94. The molecule has 3 nitrogen and oxygen atoms in total. The Morgan fingerprint density at radius 1 is 1.30 bits per heavy atom. The first kappa shape index (κ1) is 15.3. The summed E-state index contributed by atoms with van der Waals surface area (Å²) in [6, 6.07) is 8.79. The lowest BCUT2D eigenvalue weighted by Crippen LogP contribution is -2.40. The molecule has 2 N–H and O–H groups in total. The van der Waals surface area contributed by atoms with Gasteiger partial charge in [-0.25, -0.2) is 0 Å². The Morgan fingerprint density at radius 3 is 2.45 bits per heavy atom. The van der Waals surface area contributed by atoms with Crippen LogP contribution in [-0.4, -0.2) is 23.2 Å². The quantitative estimate of drug-likeness (QED) is 0.874. The third-order valence-electron chi connectivity index (χ3n) is 4.05. The van der Waals surface area contributed by atoms with Crippen LogP contribution in [0.3, 0.4) is 0 Å². The van der Waals surface area contributed by atoms with Crippen molar-refractivity contribution in [3.63, 3.8) is 0 Å². The first-order chi connectivity index (χ1) is 9.54. The molecule has 1 unspecified atom stereocenters. The second kappa shape index (κ2) is 7.09. The number of benzene rings is 1. The summed E-state index contributed by atoms with van der Waals surface area (Å²) in [7, 11) is 0. The number of carboxylic acids is 1. The normalized spacial score (nSPS) is 24.3. The van der Waals surface area contributed by atoms with Crippen LogP contribution in [0.4, 0.5) is 0 Å². The Morgan fingerprint density at radius 2 is 1.90 bits per heavy atom. The number of nitrogens with one attached hydrogen (secondary N) is 1. The second-order valence-electron chi connectivity index (χ2n) is 5.79. The summed E-state index contributed by atoms with van der Waals surface area (Å²) in [5.74, 6) is -0.780. The molecule has 0 aliphatic heterocycles. The minimum absolute atomic E-state index is 0.139. The van der Waals surface area contributed by atoms with Crippen LogP contribution in [0.2, 0.25) is 5.02 Å². The molecule has 0 amide bonds. The SMILES string of the molecule is CC(Cc1ccc(Cl)cc1)NC1CCC(C(=O)O)CC1. The molecule has 0 bridgehead atoms. The molecule has 0 saturated heterocycles. The fraction of sp³-hybridized carbons (Fsp3) is 0.562. The molecule has 0 aromatic heterocycles. The molecule has 0 spiro atoms. The van der Waals surface area contributed by atoms with Gasteiger partial charge in [-0.2, -0.15) is 0 Å². The van der Waals surface area contributed by atoms with Crippen molar-refractivity contribution in [1.29, 1.82) is 0 Å². The van der Waals surface area contributed by atoms with E-state index in [1.807, 2.05) is 12.1 Å². The Hall–Kier alpha value is -1.06. The average molecular weight is 296 g/mol. The zero-order valence-corrected chi connectivity index (χ0v) is 12.6. The van der Waals surface area contributed by atoms with Gasteiger partial charge >= 0.3 is 5.97 Å². The molecule has 0 heterocycles. The van der Waals surface area contributed by atoms with Crippen LogP contribution in [0.15, 0.2) is 24.3 Å². The molecule has 20 heavy (non-hydrogen) atoms. The van der Waals surface area contributed by atoms with E-state index >= 15 is 0 Å². The number of hydrogen-bond donors (Lipinski definition) is 2. The summed E-state index contributed by atoms with van der Waals surface area (Å²) in [6.07, 6.45) is 4.47. The molecule has 1 aromatic carbocycles. The lowest BCUT2D eigenvalue weighted by Gasteiger charge is -2.29. The summed E-state index contributed by atoms with van der Waals surface area (Å²) in [4.78, 5) is 10.9. The Bertz CT molecular complexity index is 438. The topological polar surface area (TPSA) is 49.3 Å². The molecule has 1 fully saturated rings. The zero-order valence-electron chi connectivity index (χ0n) is 11.8.